The first kappa shape index (κ1) is 16.0. The van der Waals surface area contributed by atoms with Crippen LogP contribution >= 0.6 is 0 Å². The summed E-state index contributed by atoms with van der Waals surface area (Å²) in [6.07, 6.45) is 3.22. The van der Waals surface area contributed by atoms with Gasteiger partial charge >= 0.3 is 0 Å². The topological polar surface area (TPSA) is 41.9 Å². The highest BCUT2D eigenvalue weighted by molar-refractivity contribution is 6.15. The molecule has 4 heteroatoms. The van der Waals surface area contributed by atoms with E-state index in [2.05, 4.69) is 38.1 Å². The molecule has 2 atom stereocenters. The number of piperidine rings is 1. The minimum atomic E-state index is -0.284. The molecule has 1 amide bonds. The van der Waals surface area contributed by atoms with Crippen LogP contribution in [0.15, 0.2) is 17.3 Å². The SMILES string of the molecule is Cc1cc(C)c(C2=NO[C@@H](C)[C@@H]2C(=O)N2CCCCC2)c(C)c1. The van der Waals surface area contributed by atoms with Crippen molar-refractivity contribution in [3.05, 3.63) is 34.4 Å². The molecule has 4 nitrogen and oxygen atoms in total. The van der Waals surface area contributed by atoms with Gasteiger partial charge in [0.1, 0.15) is 17.7 Å². The molecule has 0 unspecified atom stereocenters. The van der Waals surface area contributed by atoms with Gasteiger partial charge in [-0.1, -0.05) is 22.9 Å². The van der Waals surface area contributed by atoms with Crippen LogP contribution in [0.3, 0.4) is 0 Å². The van der Waals surface area contributed by atoms with Crippen LogP contribution in [0.5, 0.6) is 0 Å². The van der Waals surface area contributed by atoms with Gasteiger partial charge in [-0.3, -0.25) is 4.79 Å². The summed E-state index contributed by atoms with van der Waals surface area (Å²) in [7, 11) is 0. The Morgan fingerprint density at radius 3 is 2.35 bits per heavy atom. The van der Waals surface area contributed by atoms with Gasteiger partial charge in [0.25, 0.3) is 0 Å². The lowest BCUT2D eigenvalue weighted by Crippen LogP contribution is -2.44. The summed E-state index contributed by atoms with van der Waals surface area (Å²) < 4.78 is 0. The molecule has 124 valence electrons. The van der Waals surface area contributed by atoms with E-state index in [1.54, 1.807) is 0 Å². The van der Waals surface area contributed by atoms with E-state index in [0.717, 1.165) is 48.3 Å². The van der Waals surface area contributed by atoms with Crippen molar-refractivity contribution in [2.75, 3.05) is 13.1 Å². The maximum absolute atomic E-state index is 13.0. The molecule has 0 aromatic heterocycles. The molecule has 2 aliphatic rings. The van der Waals surface area contributed by atoms with Crippen molar-refractivity contribution in [3.8, 4) is 0 Å². The number of hydrogen-bond acceptors (Lipinski definition) is 3. The molecule has 0 spiro atoms. The smallest absolute Gasteiger partial charge is 0.235 e. The minimum Gasteiger partial charge on any atom is -0.391 e. The number of nitrogens with zero attached hydrogens (tertiary/aromatic N) is 2. The highest BCUT2D eigenvalue weighted by atomic mass is 16.6. The van der Waals surface area contributed by atoms with Gasteiger partial charge < -0.3 is 9.74 Å². The zero-order valence-corrected chi connectivity index (χ0v) is 14.6. The first-order valence-corrected chi connectivity index (χ1v) is 8.59. The van der Waals surface area contributed by atoms with Gasteiger partial charge in [0.15, 0.2) is 0 Å². The molecular formula is C19H26N2O2. The quantitative estimate of drug-likeness (QED) is 0.840. The maximum Gasteiger partial charge on any atom is 0.235 e. The number of amides is 1. The van der Waals surface area contributed by atoms with E-state index >= 15 is 0 Å². The zero-order valence-electron chi connectivity index (χ0n) is 14.6. The van der Waals surface area contributed by atoms with Gasteiger partial charge in [-0.25, -0.2) is 0 Å². The van der Waals surface area contributed by atoms with Crippen molar-refractivity contribution in [2.24, 2.45) is 11.1 Å². The zero-order chi connectivity index (χ0) is 16.6. The molecule has 23 heavy (non-hydrogen) atoms. The Morgan fingerprint density at radius 1 is 1.13 bits per heavy atom. The largest absolute Gasteiger partial charge is 0.391 e. The van der Waals surface area contributed by atoms with Crippen molar-refractivity contribution in [3.63, 3.8) is 0 Å². The second kappa shape index (κ2) is 6.34. The summed E-state index contributed by atoms with van der Waals surface area (Å²) in [6, 6.07) is 4.30. The third-order valence-corrected chi connectivity index (χ3v) is 4.95. The van der Waals surface area contributed by atoms with E-state index in [1.165, 1.54) is 12.0 Å². The molecule has 0 N–H and O–H groups in total. The van der Waals surface area contributed by atoms with Gasteiger partial charge in [-0.2, -0.15) is 0 Å². The molecule has 3 rings (SSSR count). The Balaban J connectivity index is 1.94. The van der Waals surface area contributed by atoms with Gasteiger partial charge in [-0.05, 0) is 58.1 Å². The van der Waals surface area contributed by atoms with E-state index in [-0.39, 0.29) is 17.9 Å². The molecule has 0 aliphatic carbocycles. The average Bonchev–Trinajstić information content (AvgIpc) is 2.88. The van der Waals surface area contributed by atoms with E-state index in [9.17, 15) is 4.79 Å². The van der Waals surface area contributed by atoms with Crippen LogP contribution in [-0.4, -0.2) is 35.7 Å². The fraction of sp³-hybridized carbons (Fsp3) is 0.579. The number of hydrogen-bond donors (Lipinski definition) is 0. The van der Waals surface area contributed by atoms with Gasteiger partial charge in [0.2, 0.25) is 5.91 Å². The fourth-order valence-corrected chi connectivity index (χ4v) is 3.89. The molecule has 0 bridgehead atoms. The van der Waals surface area contributed by atoms with E-state index in [1.807, 2.05) is 11.8 Å². The number of aryl methyl sites for hydroxylation is 3. The van der Waals surface area contributed by atoms with E-state index < -0.39 is 0 Å². The standard InChI is InChI=1S/C19H26N2O2/c1-12-10-13(2)16(14(3)11-12)18-17(15(4)23-20-18)19(22)21-8-6-5-7-9-21/h10-11,15,17H,5-9H2,1-4H3/t15-,17-/m0/s1. The van der Waals surface area contributed by atoms with Crippen molar-refractivity contribution in [1.29, 1.82) is 0 Å². The highest BCUT2D eigenvalue weighted by Crippen LogP contribution is 2.30. The Labute approximate surface area is 138 Å². The summed E-state index contributed by atoms with van der Waals surface area (Å²) in [6.45, 7) is 9.94. The molecule has 0 saturated carbocycles. The fourth-order valence-electron chi connectivity index (χ4n) is 3.89. The van der Waals surface area contributed by atoms with Crippen LogP contribution in [-0.2, 0) is 9.63 Å². The van der Waals surface area contributed by atoms with E-state index in [4.69, 9.17) is 4.84 Å². The van der Waals surface area contributed by atoms with Crippen molar-refractivity contribution >= 4 is 11.6 Å². The summed E-state index contributed by atoms with van der Waals surface area (Å²) in [5.74, 6) is -0.110. The normalized spacial score (nSPS) is 24.3. The predicted molar refractivity (Wildman–Crippen MR) is 91.7 cm³/mol. The number of carbonyl (C=O) groups is 1. The molecule has 1 aromatic carbocycles. The molecule has 2 heterocycles. The second-order valence-electron chi connectivity index (χ2n) is 6.92. The van der Waals surface area contributed by atoms with Crippen molar-refractivity contribution < 1.29 is 9.63 Å². The van der Waals surface area contributed by atoms with Crippen LogP contribution < -0.4 is 0 Å². The van der Waals surface area contributed by atoms with Crippen LogP contribution in [0.1, 0.15) is 48.4 Å². The Hall–Kier alpha value is -1.84. The number of likely N-dealkylation sites (tertiary alicyclic amines) is 1. The van der Waals surface area contributed by atoms with Gasteiger partial charge in [-0.15, -0.1) is 0 Å². The van der Waals surface area contributed by atoms with Crippen molar-refractivity contribution in [1.82, 2.24) is 4.90 Å². The molecule has 2 aliphatic heterocycles. The Morgan fingerprint density at radius 2 is 1.74 bits per heavy atom. The third kappa shape index (κ3) is 2.99. The van der Waals surface area contributed by atoms with E-state index in [0.29, 0.717) is 0 Å². The van der Waals surface area contributed by atoms with Crippen LogP contribution in [0.25, 0.3) is 0 Å². The lowest BCUT2D eigenvalue weighted by Gasteiger charge is -2.30. The summed E-state index contributed by atoms with van der Waals surface area (Å²) in [5.41, 5.74) is 5.44. The lowest BCUT2D eigenvalue weighted by molar-refractivity contribution is -0.136. The first-order chi connectivity index (χ1) is 11.0. The lowest BCUT2D eigenvalue weighted by atomic mass is 9.86. The second-order valence-corrected chi connectivity index (χ2v) is 6.92. The monoisotopic (exact) mass is 314 g/mol. The summed E-state index contributed by atoms with van der Waals surface area (Å²) >= 11 is 0. The molecular weight excluding hydrogens is 288 g/mol. The highest BCUT2D eigenvalue weighted by Gasteiger charge is 2.41. The van der Waals surface area contributed by atoms with Gasteiger partial charge in [0.05, 0.1) is 0 Å². The average molecular weight is 314 g/mol. The number of benzene rings is 1. The third-order valence-electron chi connectivity index (χ3n) is 4.95. The molecule has 1 aromatic rings. The Bertz CT molecular complexity index is 622. The first-order valence-electron chi connectivity index (χ1n) is 8.59. The molecule has 1 saturated heterocycles. The number of oxime groups is 1. The number of rotatable bonds is 2. The van der Waals surface area contributed by atoms with Crippen LogP contribution in [0, 0.1) is 26.7 Å². The van der Waals surface area contributed by atoms with Gasteiger partial charge in [0, 0.05) is 18.7 Å². The predicted octanol–water partition coefficient (Wildman–Crippen LogP) is 3.36. The molecule has 0 radical (unpaired) electrons. The van der Waals surface area contributed by atoms with Crippen LogP contribution in [0.2, 0.25) is 0 Å². The molecule has 1 fully saturated rings. The van der Waals surface area contributed by atoms with Crippen LogP contribution in [0.4, 0.5) is 0 Å². The number of carbonyl (C=O) groups excluding carboxylic acids is 1. The van der Waals surface area contributed by atoms with Crippen molar-refractivity contribution in [2.45, 2.75) is 53.1 Å². The summed E-state index contributed by atoms with van der Waals surface area (Å²) in [5, 5.41) is 4.30. The minimum absolute atomic E-state index is 0.174. The Kier molecular flexibility index (Phi) is 4.42. The summed E-state index contributed by atoms with van der Waals surface area (Å²) in [4.78, 5) is 20.6. The maximum atomic E-state index is 13.0.